The molecule has 0 N–H and O–H groups in total. The van der Waals surface area contributed by atoms with E-state index in [1.165, 1.54) is 12.1 Å². The molecule has 6 heteroatoms. The van der Waals surface area contributed by atoms with E-state index in [9.17, 15) is 4.39 Å². The predicted octanol–water partition coefficient (Wildman–Crippen LogP) is 4.56. The van der Waals surface area contributed by atoms with Gasteiger partial charge in [0.1, 0.15) is 12.4 Å². The number of nitrogens with zero attached hydrogens (tertiary/aromatic N) is 1. The minimum Gasteiger partial charge on any atom is -0.493 e. The average molecular weight is 352 g/mol. The van der Waals surface area contributed by atoms with Crippen molar-refractivity contribution in [2.75, 3.05) is 19.4 Å². The maximum absolute atomic E-state index is 13.2. The van der Waals surface area contributed by atoms with Crippen LogP contribution in [0.3, 0.4) is 0 Å². The number of hydrogen-bond donors (Lipinski definition) is 0. The monoisotopic (exact) mass is 351 g/mol. The molecule has 1 aliphatic rings. The second-order valence-electron chi connectivity index (χ2n) is 4.94. The van der Waals surface area contributed by atoms with Crippen molar-refractivity contribution in [1.82, 2.24) is 0 Å². The Morgan fingerprint density at radius 2 is 2.17 bits per heavy atom. The first kappa shape index (κ1) is 16.1. The number of rotatable bonds is 5. The topological polar surface area (TPSA) is 30.8 Å². The van der Waals surface area contributed by atoms with Crippen molar-refractivity contribution in [1.29, 1.82) is 0 Å². The molecule has 0 saturated heterocycles. The van der Waals surface area contributed by atoms with Gasteiger partial charge in [-0.3, -0.25) is 4.99 Å². The van der Waals surface area contributed by atoms with Crippen LogP contribution in [0.1, 0.15) is 11.1 Å². The Kier molecular flexibility index (Phi) is 5.08. The third kappa shape index (κ3) is 3.79. The van der Waals surface area contributed by atoms with E-state index in [2.05, 4.69) is 4.99 Å². The molecule has 2 aromatic rings. The van der Waals surface area contributed by atoms with Gasteiger partial charge in [0, 0.05) is 17.9 Å². The summed E-state index contributed by atoms with van der Waals surface area (Å²) in [6.45, 7) is 1.03. The zero-order chi connectivity index (χ0) is 16.2. The van der Waals surface area contributed by atoms with Crippen LogP contribution in [0.5, 0.6) is 11.5 Å². The van der Waals surface area contributed by atoms with Gasteiger partial charge in [-0.2, -0.15) is 0 Å². The Morgan fingerprint density at radius 1 is 1.30 bits per heavy atom. The quantitative estimate of drug-likeness (QED) is 0.791. The third-order valence-electron chi connectivity index (χ3n) is 3.33. The van der Waals surface area contributed by atoms with E-state index >= 15 is 0 Å². The maximum Gasteiger partial charge on any atom is 0.180 e. The van der Waals surface area contributed by atoms with Crippen LogP contribution in [0.4, 0.5) is 4.39 Å². The molecular weight excluding hydrogens is 337 g/mol. The van der Waals surface area contributed by atoms with Crippen LogP contribution in [-0.2, 0) is 6.61 Å². The summed E-state index contributed by atoms with van der Waals surface area (Å²) < 4.78 is 24.4. The van der Waals surface area contributed by atoms with Gasteiger partial charge in [0.05, 0.1) is 17.2 Å². The first-order valence-corrected chi connectivity index (χ1v) is 8.46. The van der Waals surface area contributed by atoms with Gasteiger partial charge in [-0.05, 0) is 29.8 Å². The van der Waals surface area contributed by atoms with Gasteiger partial charge in [-0.25, -0.2) is 4.39 Å². The minimum absolute atomic E-state index is 0.211. The number of aliphatic imine (C=N–C) groups is 1. The third-order valence-corrected chi connectivity index (χ3v) is 4.64. The van der Waals surface area contributed by atoms with Crippen LogP contribution in [0.2, 0.25) is 5.02 Å². The fraction of sp³-hybridized carbons (Fsp3) is 0.235. The van der Waals surface area contributed by atoms with Crippen molar-refractivity contribution >= 4 is 28.4 Å². The summed E-state index contributed by atoms with van der Waals surface area (Å²) in [7, 11) is 1.56. The van der Waals surface area contributed by atoms with Crippen molar-refractivity contribution in [3.8, 4) is 11.5 Å². The number of benzene rings is 2. The van der Waals surface area contributed by atoms with Gasteiger partial charge in [0.25, 0.3) is 0 Å². The second kappa shape index (κ2) is 7.23. The summed E-state index contributed by atoms with van der Waals surface area (Å²) in [5, 5.41) is 1.41. The van der Waals surface area contributed by atoms with Gasteiger partial charge in [0.15, 0.2) is 11.5 Å². The standard InChI is InChI=1S/C17H15ClFNO2S/c1-21-15-9-12(17-20-5-6-23-17)8-14(18)16(15)22-10-11-3-2-4-13(19)7-11/h2-4,7-9H,5-6,10H2,1H3. The summed E-state index contributed by atoms with van der Waals surface area (Å²) in [5.41, 5.74) is 1.65. The molecule has 0 aliphatic carbocycles. The van der Waals surface area contributed by atoms with E-state index in [0.29, 0.717) is 16.5 Å². The molecule has 3 rings (SSSR count). The zero-order valence-electron chi connectivity index (χ0n) is 12.5. The lowest BCUT2D eigenvalue weighted by Crippen LogP contribution is -2.01. The van der Waals surface area contributed by atoms with Crippen LogP contribution in [0.15, 0.2) is 41.4 Å². The highest BCUT2D eigenvalue weighted by atomic mass is 35.5. The van der Waals surface area contributed by atoms with Crippen molar-refractivity contribution < 1.29 is 13.9 Å². The maximum atomic E-state index is 13.2. The lowest BCUT2D eigenvalue weighted by Gasteiger charge is -2.14. The largest absolute Gasteiger partial charge is 0.493 e. The SMILES string of the molecule is COc1cc(C2=NCCS2)cc(Cl)c1OCc1cccc(F)c1. The van der Waals surface area contributed by atoms with Crippen LogP contribution in [0.25, 0.3) is 0 Å². The van der Waals surface area contributed by atoms with Crippen molar-refractivity contribution in [2.45, 2.75) is 6.61 Å². The van der Waals surface area contributed by atoms with E-state index < -0.39 is 0 Å². The fourth-order valence-electron chi connectivity index (χ4n) is 2.28. The molecule has 0 saturated carbocycles. The van der Waals surface area contributed by atoms with Gasteiger partial charge in [0.2, 0.25) is 0 Å². The smallest absolute Gasteiger partial charge is 0.180 e. The molecule has 0 spiro atoms. The highest BCUT2D eigenvalue weighted by Crippen LogP contribution is 2.38. The molecule has 0 unspecified atom stereocenters. The Labute approximate surface area is 143 Å². The zero-order valence-corrected chi connectivity index (χ0v) is 14.1. The first-order chi connectivity index (χ1) is 11.2. The molecule has 1 aliphatic heterocycles. The number of halogens is 2. The minimum atomic E-state index is -0.296. The summed E-state index contributed by atoms with van der Waals surface area (Å²) >= 11 is 8.04. The van der Waals surface area contributed by atoms with Crippen LogP contribution >= 0.6 is 23.4 Å². The van der Waals surface area contributed by atoms with Gasteiger partial charge >= 0.3 is 0 Å². The van der Waals surface area contributed by atoms with Crippen molar-refractivity contribution in [3.63, 3.8) is 0 Å². The average Bonchev–Trinajstić information content (AvgIpc) is 3.07. The molecule has 2 aromatic carbocycles. The molecule has 120 valence electrons. The van der Waals surface area contributed by atoms with Gasteiger partial charge in [-0.15, -0.1) is 11.8 Å². The Balaban J connectivity index is 1.83. The summed E-state index contributed by atoms with van der Waals surface area (Å²) in [6, 6.07) is 9.95. The van der Waals surface area contributed by atoms with E-state index in [-0.39, 0.29) is 12.4 Å². The fourth-order valence-corrected chi connectivity index (χ4v) is 3.38. The van der Waals surface area contributed by atoms with Gasteiger partial charge in [-0.1, -0.05) is 23.7 Å². The summed E-state index contributed by atoms with van der Waals surface area (Å²) in [5.74, 6) is 1.67. The van der Waals surface area contributed by atoms with Crippen LogP contribution in [0, 0.1) is 5.82 Å². The van der Waals surface area contributed by atoms with Crippen molar-refractivity contribution in [2.24, 2.45) is 4.99 Å². The number of ether oxygens (including phenoxy) is 2. The normalized spacial score (nSPS) is 13.8. The molecule has 0 atom stereocenters. The summed E-state index contributed by atoms with van der Waals surface area (Å²) in [4.78, 5) is 4.44. The molecule has 0 bridgehead atoms. The first-order valence-electron chi connectivity index (χ1n) is 7.10. The van der Waals surface area contributed by atoms with E-state index in [1.807, 2.05) is 12.1 Å². The Morgan fingerprint density at radius 3 is 2.87 bits per heavy atom. The molecule has 0 radical (unpaired) electrons. The molecular formula is C17H15ClFNO2S. The van der Waals surface area contributed by atoms with E-state index in [0.717, 1.165) is 28.5 Å². The molecule has 1 heterocycles. The predicted molar refractivity (Wildman–Crippen MR) is 92.6 cm³/mol. The lowest BCUT2D eigenvalue weighted by atomic mass is 10.2. The van der Waals surface area contributed by atoms with Crippen molar-refractivity contribution in [3.05, 3.63) is 58.4 Å². The number of thioether (sulfide) groups is 1. The molecule has 3 nitrogen and oxygen atoms in total. The van der Waals surface area contributed by atoms with Crippen LogP contribution < -0.4 is 9.47 Å². The summed E-state index contributed by atoms with van der Waals surface area (Å²) in [6.07, 6.45) is 0. The van der Waals surface area contributed by atoms with Crippen LogP contribution in [-0.4, -0.2) is 24.5 Å². The molecule has 0 fully saturated rings. The molecule has 0 amide bonds. The second-order valence-corrected chi connectivity index (χ2v) is 6.43. The Hall–Kier alpha value is -1.72. The lowest BCUT2D eigenvalue weighted by molar-refractivity contribution is 0.284. The molecule has 23 heavy (non-hydrogen) atoms. The van der Waals surface area contributed by atoms with E-state index in [1.54, 1.807) is 31.0 Å². The number of hydrogen-bond acceptors (Lipinski definition) is 4. The Bertz CT molecular complexity index is 751. The highest BCUT2D eigenvalue weighted by molar-refractivity contribution is 8.14. The van der Waals surface area contributed by atoms with Gasteiger partial charge < -0.3 is 9.47 Å². The highest BCUT2D eigenvalue weighted by Gasteiger charge is 2.17. The molecule has 0 aromatic heterocycles. The number of methoxy groups -OCH3 is 1. The van der Waals surface area contributed by atoms with E-state index in [4.69, 9.17) is 21.1 Å².